The van der Waals surface area contributed by atoms with Gasteiger partial charge in [-0.2, -0.15) is 0 Å². The van der Waals surface area contributed by atoms with Gasteiger partial charge in [0.2, 0.25) is 0 Å². The summed E-state index contributed by atoms with van der Waals surface area (Å²) < 4.78 is 5.18. The van der Waals surface area contributed by atoms with Crippen LogP contribution < -0.4 is 15.4 Å². The summed E-state index contributed by atoms with van der Waals surface area (Å²) in [5.41, 5.74) is 3.12. The number of carbonyl (C=O) groups excluding carboxylic acids is 1. The van der Waals surface area contributed by atoms with Gasteiger partial charge < -0.3 is 15.4 Å². The van der Waals surface area contributed by atoms with E-state index in [0.717, 1.165) is 37.4 Å². The maximum absolute atomic E-state index is 12.3. The van der Waals surface area contributed by atoms with Crippen molar-refractivity contribution in [1.29, 1.82) is 0 Å². The van der Waals surface area contributed by atoms with Crippen molar-refractivity contribution < 1.29 is 9.53 Å². The molecule has 176 valence electrons. The highest BCUT2D eigenvalue weighted by atomic mass is 16.5. The number of carbonyl (C=O) groups is 1. The van der Waals surface area contributed by atoms with Crippen LogP contribution in [0.15, 0.2) is 48.5 Å². The molecule has 0 saturated heterocycles. The molecule has 2 aromatic rings. The number of methoxy groups -OCH3 is 1. The Kier molecular flexibility index (Phi) is 13.2. The molecule has 0 saturated carbocycles. The van der Waals surface area contributed by atoms with Crippen LogP contribution in [0.2, 0.25) is 0 Å². The maximum atomic E-state index is 12.3. The number of hydrogen-bond donors (Lipinski definition) is 2. The quantitative estimate of drug-likeness (QED) is 0.272. The lowest BCUT2D eigenvalue weighted by atomic mass is 10.1. The lowest BCUT2D eigenvalue weighted by Crippen LogP contribution is -2.24. The second-order valence-electron chi connectivity index (χ2n) is 8.59. The Morgan fingerprint density at radius 1 is 0.719 bits per heavy atom. The highest BCUT2D eigenvalue weighted by Gasteiger charge is 2.05. The summed E-state index contributed by atoms with van der Waals surface area (Å²) in [5.74, 6) is 0.898. The average molecular weight is 439 g/mol. The van der Waals surface area contributed by atoms with Gasteiger partial charge in [-0.1, -0.05) is 89.0 Å². The van der Waals surface area contributed by atoms with E-state index in [1.165, 1.54) is 68.9 Å². The van der Waals surface area contributed by atoms with Crippen molar-refractivity contribution in [3.8, 4) is 5.75 Å². The third kappa shape index (κ3) is 10.8. The van der Waals surface area contributed by atoms with Crippen molar-refractivity contribution in [3.05, 3.63) is 65.2 Å². The zero-order chi connectivity index (χ0) is 22.9. The van der Waals surface area contributed by atoms with Crippen molar-refractivity contribution in [2.75, 3.05) is 13.7 Å². The zero-order valence-electron chi connectivity index (χ0n) is 20.1. The Morgan fingerprint density at radius 3 is 1.75 bits per heavy atom. The van der Waals surface area contributed by atoms with E-state index in [4.69, 9.17) is 4.74 Å². The fourth-order valence-corrected chi connectivity index (χ4v) is 3.78. The highest BCUT2D eigenvalue weighted by molar-refractivity contribution is 5.94. The SMILES string of the molecule is CCCCCCCCCCCCNC(=O)c1ccc(CNCc2ccc(OC)cc2)cc1. The summed E-state index contributed by atoms with van der Waals surface area (Å²) >= 11 is 0. The van der Waals surface area contributed by atoms with E-state index in [9.17, 15) is 4.79 Å². The molecule has 0 atom stereocenters. The molecule has 0 radical (unpaired) electrons. The molecule has 32 heavy (non-hydrogen) atoms. The molecule has 0 bridgehead atoms. The molecular weight excluding hydrogens is 396 g/mol. The summed E-state index contributed by atoms with van der Waals surface area (Å²) in [4.78, 5) is 12.3. The molecule has 4 heteroatoms. The number of benzene rings is 2. The number of hydrogen-bond acceptors (Lipinski definition) is 3. The zero-order valence-corrected chi connectivity index (χ0v) is 20.1. The lowest BCUT2D eigenvalue weighted by molar-refractivity contribution is 0.0953. The summed E-state index contributed by atoms with van der Waals surface area (Å²) in [6.45, 7) is 4.59. The molecule has 0 spiro atoms. The van der Waals surface area contributed by atoms with E-state index >= 15 is 0 Å². The first-order valence-electron chi connectivity index (χ1n) is 12.4. The minimum atomic E-state index is 0.0265. The molecule has 0 unspecified atom stereocenters. The van der Waals surface area contributed by atoms with Crippen LogP contribution in [-0.2, 0) is 13.1 Å². The van der Waals surface area contributed by atoms with E-state index in [0.29, 0.717) is 0 Å². The maximum Gasteiger partial charge on any atom is 0.251 e. The Bertz CT molecular complexity index is 741. The van der Waals surface area contributed by atoms with Gasteiger partial charge in [-0.25, -0.2) is 0 Å². The van der Waals surface area contributed by atoms with Gasteiger partial charge in [0.05, 0.1) is 7.11 Å². The topological polar surface area (TPSA) is 50.4 Å². The third-order valence-electron chi connectivity index (χ3n) is 5.85. The summed E-state index contributed by atoms with van der Waals surface area (Å²) in [7, 11) is 1.68. The van der Waals surface area contributed by atoms with Crippen LogP contribution in [0.5, 0.6) is 5.75 Å². The van der Waals surface area contributed by atoms with Crippen molar-refractivity contribution in [2.24, 2.45) is 0 Å². The third-order valence-corrected chi connectivity index (χ3v) is 5.85. The monoisotopic (exact) mass is 438 g/mol. The van der Waals surface area contributed by atoms with E-state index in [-0.39, 0.29) is 5.91 Å². The van der Waals surface area contributed by atoms with E-state index in [1.54, 1.807) is 7.11 Å². The second-order valence-corrected chi connectivity index (χ2v) is 8.59. The molecule has 2 N–H and O–H groups in total. The van der Waals surface area contributed by atoms with Crippen LogP contribution in [-0.4, -0.2) is 19.6 Å². The number of ether oxygens (including phenoxy) is 1. The first-order valence-corrected chi connectivity index (χ1v) is 12.4. The minimum Gasteiger partial charge on any atom is -0.497 e. The fourth-order valence-electron chi connectivity index (χ4n) is 3.78. The molecule has 1 amide bonds. The summed E-state index contributed by atoms with van der Waals surface area (Å²) in [6, 6.07) is 15.9. The minimum absolute atomic E-state index is 0.0265. The molecule has 0 aliphatic heterocycles. The molecule has 0 aliphatic carbocycles. The molecule has 0 fully saturated rings. The predicted octanol–water partition coefficient (Wildman–Crippen LogP) is 6.64. The van der Waals surface area contributed by atoms with Crippen molar-refractivity contribution in [3.63, 3.8) is 0 Å². The Balaban J connectivity index is 1.53. The van der Waals surface area contributed by atoms with Gasteiger partial charge in [0, 0.05) is 25.2 Å². The van der Waals surface area contributed by atoms with Gasteiger partial charge in [-0.05, 0) is 41.8 Å². The summed E-state index contributed by atoms with van der Waals surface area (Å²) in [5, 5.41) is 6.49. The molecule has 2 rings (SSSR count). The van der Waals surface area contributed by atoms with Gasteiger partial charge in [0.1, 0.15) is 5.75 Å². The number of nitrogens with one attached hydrogen (secondary N) is 2. The number of amides is 1. The van der Waals surface area contributed by atoms with Crippen LogP contribution in [0.4, 0.5) is 0 Å². The lowest BCUT2D eigenvalue weighted by Gasteiger charge is -2.08. The molecule has 4 nitrogen and oxygen atoms in total. The van der Waals surface area contributed by atoms with Gasteiger partial charge in [0.15, 0.2) is 0 Å². The molecule has 2 aromatic carbocycles. The standard InChI is InChI=1S/C28H42N2O2/c1-3-4-5-6-7-8-9-10-11-12-21-30-28(31)26-17-13-24(14-18-26)22-29-23-25-15-19-27(32-2)20-16-25/h13-20,29H,3-12,21-23H2,1-2H3,(H,30,31). The molecule has 0 aliphatic rings. The predicted molar refractivity (Wildman–Crippen MR) is 134 cm³/mol. The summed E-state index contributed by atoms with van der Waals surface area (Å²) in [6.07, 6.45) is 13.1. The van der Waals surface area contributed by atoms with E-state index in [1.807, 2.05) is 36.4 Å². The van der Waals surface area contributed by atoms with Crippen LogP contribution >= 0.6 is 0 Å². The van der Waals surface area contributed by atoms with Crippen LogP contribution in [0, 0.1) is 0 Å². The first kappa shape index (κ1) is 25.9. The first-order chi connectivity index (χ1) is 15.7. The molecular formula is C28H42N2O2. The van der Waals surface area contributed by atoms with Gasteiger partial charge in [-0.3, -0.25) is 4.79 Å². The van der Waals surface area contributed by atoms with Crippen molar-refractivity contribution >= 4 is 5.91 Å². The van der Waals surface area contributed by atoms with Crippen LogP contribution in [0.25, 0.3) is 0 Å². The van der Waals surface area contributed by atoms with E-state index in [2.05, 4.69) is 29.7 Å². The highest BCUT2D eigenvalue weighted by Crippen LogP contribution is 2.12. The molecule has 0 aromatic heterocycles. The number of unbranched alkanes of at least 4 members (excludes halogenated alkanes) is 9. The van der Waals surface area contributed by atoms with E-state index < -0.39 is 0 Å². The Morgan fingerprint density at radius 2 is 1.22 bits per heavy atom. The van der Waals surface area contributed by atoms with Crippen molar-refractivity contribution in [1.82, 2.24) is 10.6 Å². The van der Waals surface area contributed by atoms with Crippen LogP contribution in [0.1, 0.15) is 92.6 Å². The number of rotatable bonds is 17. The second kappa shape index (κ2) is 16.3. The van der Waals surface area contributed by atoms with Gasteiger partial charge >= 0.3 is 0 Å². The van der Waals surface area contributed by atoms with Crippen molar-refractivity contribution in [2.45, 2.75) is 84.2 Å². The van der Waals surface area contributed by atoms with Gasteiger partial charge in [0.25, 0.3) is 5.91 Å². The van der Waals surface area contributed by atoms with Crippen LogP contribution in [0.3, 0.4) is 0 Å². The average Bonchev–Trinajstić information content (AvgIpc) is 2.83. The molecule has 0 heterocycles. The smallest absolute Gasteiger partial charge is 0.251 e. The normalized spacial score (nSPS) is 10.8. The Hall–Kier alpha value is -2.33. The Labute approximate surface area is 195 Å². The fraction of sp³-hybridized carbons (Fsp3) is 0.536. The van der Waals surface area contributed by atoms with Gasteiger partial charge in [-0.15, -0.1) is 0 Å². The largest absolute Gasteiger partial charge is 0.497 e.